The van der Waals surface area contributed by atoms with E-state index in [1.165, 1.54) is 27.8 Å². The van der Waals surface area contributed by atoms with Crippen LogP contribution in [0.15, 0.2) is 42.5 Å². The Balaban J connectivity index is 1.93. The third-order valence-corrected chi connectivity index (χ3v) is 7.20. The number of rotatable bonds is 3. The van der Waals surface area contributed by atoms with Gasteiger partial charge in [0.15, 0.2) is 0 Å². The zero-order valence-corrected chi connectivity index (χ0v) is 13.6. The molecule has 0 spiro atoms. The minimum absolute atomic E-state index is 0.437. The van der Waals surface area contributed by atoms with Crippen LogP contribution in [0.2, 0.25) is 0 Å². The summed E-state index contributed by atoms with van der Waals surface area (Å²) in [5, 5.41) is 7.57. The lowest BCUT2D eigenvalue weighted by molar-refractivity contribution is 0.561. The maximum absolute atomic E-state index is 3.55. The Kier molecular flexibility index (Phi) is 4.59. The molecule has 0 saturated carbocycles. The fourth-order valence-corrected chi connectivity index (χ4v) is 5.93. The van der Waals surface area contributed by atoms with E-state index in [1.807, 2.05) is 0 Å². The van der Waals surface area contributed by atoms with Crippen molar-refractivity contribution in [3.63, 3.8) is 0 Å². The minimum Gasteiger partial charge on any atom is -0.312 e. The summed E-state index contributed by atoms with van der Waals surface area (Å²) in [5.74, 6) is 2.56. The van der Waals surface area contributed by atoms with Crippen molar-refractivity contribution < 1.29 is 0 Å². The van der Waals surface area contributed by atoms with Crippen LogP contribution in [-0.2, 0) is 0 Å². The van der Waals surface area contributed by atoms with Crippen LogP contribution in [0.25, 0.3) is 10.8 Å². The third-order valence-electron chi connectivity index (χ3n) is 4.01. The Morgan fingerprint density at radius 1 is 1.05 bits per heavy atom. The van der Waals surface area contributed by atoms with Gasteiger partial charge in [0.2, 0.25) is 0 Å². The van der Waals surface area contributed by atoms with Gasteiger partial charge < -0.3 is 5.32 Å². The Morgan fingerprint density at radius 2 is 1.80 bits per heavy atom. The molecule has 0 aliphatic carbocycles. The van der Waals surface area contributed by atoms with Crippen molar-refractivity contribution in [2.45, 2.75) is 23.5 Å². The summed E-state index contributed by atoms with van der Waals surface area (Å²) in [5.41, 5.74) is 1.41. The summed E-state index contributed by atoms with van der Waals surface area (Å²) in [4.78, 5) is 0. The molecule has 3 rings (SSSR count). The molecule has 1 nitrogen and oxygen atoms in total. The van der Waals surface area contributed by atoms with Crippen LogP contribution in [0.1, 0.15) is 18.5 Å². The highest BCUT2D eigenvalue weighted by Crippen LogP contribution is 2.39. The molecule has 20 heavy (non-hydrogen) atoms. The second kappa shape index (κ2) is 6.42. The average Bonchev–Trinajstić information content (AvgIpc) is 2.50. The highest BCUT2D eigenvalue weighted by Gasteiger charge is 2.30. The molecule has 0 radical (unpaired) electrons. The molecule has 1 N–H and O–H groups in total. The molecule has 0 amide bonds. The maximum atomic E-state index is 3.55. The van der Waals surface area contributed by atoms with E-state index >= 15 is 0 Å². The monoisotopic (exact) mass is 303 g/mol. The molecule has 0 aromatic heterocycles. The summed E-state index contributed by atoms with van der Waals surface area (Å²) in [6.45, 7) is 2.37. The summed E-state index contributed by atoms with van der Waals surface area (Å²) in [6.07, 6.45) is 0. The van der Waals surface area contributed by atoms with E-state index < -0.39 is 0 Å². The van der Waals surface area contributed by atoms with Gasteiger partial charge in [-0.05, 0) is 29.4 Å². The van der Waals surface area contributed by atoms with Crippen molar-refractivity contribution in [1.82, 2.24) is 5.32 Å². The van der Waals surface area contributed by atoms with Gasteiger partial charge in [-0.1, -0.05) is 43.3 Å². The van der Waals surface area contributed by atoms with Crippen molar-refractivity contribution in [1.29, 1.82) is 0 Å². The lowest BCUT2D eigenvalue weighted by Crippen LogP contribution is -2.36. The molecule has 3 atom stereocenters. The van der Waals surface area contributed by atoms with Crippen molar-refractivity contribution in [2.75, 3.05) is 18.6 Å². The Labute approximate surface area is 129 Å². The summed E-state index contributed by atoms with van der Waals surface area (Å²) >= 11 is 4.23. The molecular formula is C17H21NS2. The van der Waals surface area contributed by atoms with Gasteiger partial charge in [-0.3, -0.25) is 0 Å². The van der Waals surface area contributed by atoms with E-state index in [0.717, 1.165) is 0 Å². The van der Waals surface area contributed by atoms with Gasteiger partial charge in [0.05, 0.1) is 0 Å². The van der Waals surface area contributed by atoms with Gasteiger partial charge in [-0.2, -0.15) is 23.5 Å². The van der Waals surface area contributed by atoms with Crippen molar-refractivity contribution in [2.24, 2.45) is 0 Å². The number of hydrogen-bond acceptors (Lipinski definition) is 3. The lowest BCUT2D eigenvalue weighted by atomic mass is 9.98. The Morgan fingerprint density at radius 3 is 2.55 bits per heavy atom. The van der Waals surface area contributed by atoms with Crippen molar-refractivity contribution in [3.8, 4) is 0 Å². The van der Waals surface area contributed by atoms with Crippen LogP contribution in [0.5, 0.6) is 0 Å². The zero-order chi connectivity index (χ0) is 13.9. The smallest absolute Gasteiger partial charge is 0.0449 e. The number of fused-ring (bicyclic) bond motifs is 1. The second-order valence-corrected chi connectivity index (χ2v) is 8.06. The summed E-state index contributed by atoms with van der Waals surface area (Å²) < 4.78 is 0. The minimum atomic E-state index is 0.437. The largest absolute Gasteiger partial charge is 0.312 e. The fraction of sp³-hybridized carbons (Fsp3) is 0.412. The topological polar surface area (TPSA) is 12.0 Å². The predicted octanol–water partition coefficient (Wildman–Crippen LogP) is 4.34. The molecule has 1 heterocycles. The van der Waals surface area contributed by atoms with Gasteiger partial charge in [0.1, 0.15) is 0 Å². The summed E-state index contributed by atoms with van der Waals surface area (Å²) in [6, 6.07) is 15.9. The van der Waals surface area contributed by atoms with E-state index in [-0.39, 0.29) is 0 Å². The molecule has 0 bridgehead atoms. The van der Waals surface area contributed by atoms with E-state index in [1.54, 1.807) is 0 Å². The van der Waals surface area contributed by atoms with E-state index in [2.05, 4.69) is 85.3 Å². The maximum Gasteiger partial charge on any atom is 0.0449 e. The SMILES string of the molecule is CNC(c1ccc2ccccc2c1)C1SCCSC1C. The molecule has 2 aromatic rings. The Hall–Kier alpha value is -0.640. The van der Waals surface area contributed by atoms with Crippen LogP contribution in [0.3, 0.4) is 0 Å². The number of benzene rings is 2. The molecule has 1 aliphatic rings. The van der Waals surface area contributed by atoms with Gasteiger partial charge in [0.25, 0.3) is 0 Å². The first-order valence-corrected chi connectivity index (χ1v) is 9.28. The normalized spacial score (nSPS) is 24.7. The summed E-state index contributed by atoms with van der Waals surface area (Å²) in [7, 11) is 2.09. The van der Waals surface area contributed by atoms with Gasteiger partial charge in [-0.25, -0.2) is 0 Å². The molecule has 1 fully saturated rings. The standard InChI is InChI=1S/C17H21NS2/c1-12-17(20-10-9-19-12)16(18-2)15-8-7-13-5-3-4-6-14(13)11-15/h3-8,11-12,16-18H,9-10H2,1-2H3. The van der Waals surface area contributed by atoms with Crippen molar-refractivity contribution >= 4 is 34.3 Å². The molecule has 1 aliphatic heterocycles. The van der Waals surface area contributed by atoms with Crippen LogP contribution >= 0.6 is 23.5 Å². The van der Waals surface area contributed by atoms with Gasteiger partial charge >= 0.3 is 0 Å². The zero-order valence-electron chi connectivity index (χ0n) is 12.0. The first-order valence-electron chi connectivity index (χ1n) is 7.19. The third kappa shape index (κ3) is 2.85. The molecular weight excluding hydrogens is 282 g/mol. The van der Waals surface area contributed by atoms with Crippen LogP contribution in [0, 0.1) is 0 Å². The van der Waals surface area contributed by atoms with Crippen LogP contribution < -0.4 is 5.32 Å². The van der Waals surface area contributed by atoms with Gasteiger partial charge in [0, 0.05) is 28.0 Å². The van der Waals surface area contributed by atoms with Gasteiger partial charge in [-0.15, -0.1) is 0 Å². The number of thioether (sulfide) groups is 2. The number of hydrogen-bond donors (Lipinski definition) is 1. The highest BCUT2D eigenvalue weighted by molar-refractivity contribution is 8.07. The van der Waals surface area contributed by atoms with E-state index in [4.69, 9.17) is 0 Å². The number of nitrogens with one attached hydrogen (secondary N) is 1. The molecule has 1 saturated heterocycles. The second-order valence-electron chi connectivity index (χ2n) is 5.28. The van der Waals surface area contributed by atoms with Crippen LogP contribution in [-0.4, -0.2) is 29.1 Å². The Bertz CT molecular complexity index is 584. The quantitative estimate of drug-likeness (QED) is 0.906. The first kappa shape index (κ1) is 14.3. The molecule has 106 valence electrons. The average molecular weight is 303 g/mol. The molecule has 2 aromatic carbocycles. The fourth-order valence-electron chi connectivity index (χ4n) is 2.94. The van der Waals surface area contributed by atoms with Crippen LogP contribution in [0.4, 0.5) is 0 Å². The highest BCUT2D eigenvalue weighted by atomic mass is 32.2. The predicted molar refractivity (Wildman–Crippen MR) is 93.9 cm³/mol. The first-order chi connectivity index (χ1) is 9.79. The van der Waals surface area contributed by atoms with E-state index in [9.17, 15) is 0 Å². The molecule has 3 unspecified atom stereocenters. The molecule has 3 heteroatoms. The van der Waals surface area contributed by atoms with E-state index in [0.29, 0.717) is 16.5 Å². The van der Waals surface area contributed by atoms with Crippen molar-refractivity contribution in [3.05, 3.63) is 48.0 Å². The lowest BCUT2D eigenvalue weighted by Gasteiger charge is -2.34.